The number of nitrogens with one attached hydrogen (secondary N) is 1. The summed E-state index contributed by atoms with van der Waals surface area (Å²) in [4.78, 5) is 11.8. The summed E-state index contributed by atoms with van der Waals surface area (Å²) in [5.41, 5.74) is 6.65. The highest BCUT2D eigenvalue weighted by Crippen LogP contribution is 2.27. The first kappa shape index (κ1) is 16.7. The molecular weight excluding hydrogens is 388 g/mol. The number of benzene rings is 2. The lowest BCUT2D eigenvalue weighted by Gasteiger charge is -2.10. The van der Waals surface area contributed by atoms with Gasteiger partial charge in [-0.1, -0.05) is 23.7 Å². The number of hydrogen-bond donors (Lipinski definition) is 2. The van der Waals surface area contributed by atoms with E-state index in [1.54, 1.807) is 24.3 Å². The van der Waals surface area contributed by atoms with Gasteiger partial charge in [0.05, 0.1) is 4.47 Å². The van der Waals surface area contributed by atoms with Crippen LogP contribution in [-0.2, 0) is 6.61 Å². The summed E-state index contributed by atoms with van der Waals surface area (Å²) >= 11 is 13.9. The van der Waals surface area contributed by atoms with Crippen LogP contribution in [-0.4, -0.2) is 11.0 Å². The molecule has 0 fully saturated rings. The molecule has 0 aliphatic rings. The number of nitrogens with two attached hydrogens (primary N) is 1. The van der Waals surface area contributed by atoms with Crippen molar-refractivity contribution < 1.29 is 9.53 Å². The summed E-state index contributed by atoms with van der Waals surface area (Å²) in [5.74, 6) is 0.251. The molecule has 0 atom stereocenters. The fourth-order valence-corrected chi connectivity index (χ4v) is 2.53. The highest BCUT2D eigenvalue weighted by molar-refractivity contribution is 9.10. The van der Waals surface area contributed by atoms with Gasteiger partial charge in [0, 0.05) is 10.6 Å². The van der Waals surface area contributed by atoms with Crippen LogP contribution in [0.15, 0.2) is 46.9 Å². The van der Waals surface area contributed by atoms with Crippen LogP contribution in [0, 0.1) is 0 Å². The first-order chi connectivity index (χ1) is 10.5. The molecule has 2 rings (SSSR count). The monoisotopic (exact) mass is 398 g/mol. The van der Waals surface area contributed by atoms with E-state index in [9.17, 15) is 4.79 Å². The standard InChI is InChI=1S/C15H12BrClN2O2S/c16-12-7-10(14(20)19-15(18)22)4-5-13(12)21-8-9-2-1-3-11(17)6-9/h1-7H,8H2,(H3,18,19,20,22). The van der Waals surface area contributed by atoms with Crippen LogP contribution < -0.4 is 15.8 Å². The molecule has 2 aromatic carbocycles. The Balaban J connectivity index is 2.06. The van der Waals surface area contributed by atoms with Crippen molar-refractivity contribution in [2.24, 2.45) is 5.73 Å². The number of rotatable bonds is 4. The number of carbonyl (C=O) groups excluding carboxylic acids is 1. The number of carbonyl (C=O) groups is 1. The molecule has 0 aromatic heterocycles. The van der Waals surface area contributed by atoms with Gasteiger partial charge in [0.2, 0.25) is 0 Å². The average Bonchev–Trinajstić information content (AvgIpc) is 2.45. The SMILES string of the molecule is NC(=S)NC(=O)c1ccc(OCc2cccc(Cl)c2)c(Br)c1. The van der Waals surface area contributed by atoms with Gasteiger partial charge in [0.1, 0.15) is 12.4 Å². The zero-order chi connectivity index (χ0) is 16.1. The Labute approximate surface area is 146 Å². The number of thiocarbonyl (C=S) groups is 1. The first-order valence-electron chi connectivity index (χ1n) is 6.23. The van der Waals surface area contributed by atoms with E-state index in [1.165, 1.54) is 0 Å². The summed E-state index contributed by atoms with van der Waals surface area (Å²) in [6.07, 6.45) is 0. The summed E-state index contributed by atoms with van der Waals surface area (Å²) in [5, 5.41) is 2.95. The van der Waals surface area contributed by atoms with Crippen molar-refractivity contribution in [3.05, 3.63) is 63.1 Å². The molecule has 0 unspecified atom stereocenters. The van der Waals surface area contributed by atoms with E-state index in [4.69, 9.17) is 22.1 Å². The Bertz CT molecular complexity index is 724. The second-order valence-corrected chi connectivity index (χ2v) is 6.11. The minimum atomic E-state index is -0.366. The van der Waals surface area contributed by atoms with Crippen molar-refractivity contribution in [3.63, 3.8) is 0 Å². The van der Waals surface area contributed by atoms with Gasteiger partial charge in [0.15, 0.2) is 5.11 Å². The predicted molar refractivity (Wildman–Crippen MR) is 94.2 cm³/mol. The zero-order valence-corrected chi connectivity index (χ0v) is 14.5. The highest BCUT2D eigenvalue weighted by Gasteiger charge is 2.10. The minimum absolute atomic E-state index is 0.0672. The maximum absolute atomic E-state index is 11.8. The van der Waals surface area contributed by atoms with E-state index < -0.39 is 0 Å². The van der Waals surface area contributed by atoms with Crippen LogP contribution in [0.2, 0.25) is 5.02 Å². The van der Waals surface area contributed by atoms with Crippen LogP contribution >= 0.6 is 39.7 Å². The molecule has 4 nitrogen and oxygen atoms in total. The normalized spacial score (nSPS) is 10.1. The van der Waals surface area contributed by atoms with Crippen molar-refractivity contribution >= 4 is 50.8 Å². The maximum atomic E-state index is 11.8. The van der Waals surface area contributed by atoms with Crippen LogP contribution in [0.4, 0.5) is 0 Å². The molecule has 0 radical (unpaired) electrons. The molecule has 0 aliphatic heterocycles. The van der Waals surface area contributed by atoms with E-state index in [2.05, 4.69) is 33.5 Å². The molecule has 114 valence electrons. The van der Waals surface area contributed by atoms with Gasteiger partial charge in [-0.2, -0.15) is 0 Å². The number of halogens is 2. The molecule has 0 spiro atoms. The number of ether oxygens (including phenoxy) is 1. The zero-order valence-electron chi connectivity index (χ0n) is 11.3. The van der Waals surface area contributed by atoms with Crippen molar-refractivity contribution in [2.45, 2.75) is 6.61 Å². The molecule has 0 heterocycles. The molecular formula is C15H12BrClN2O2S. The Morgan fingerprint density at radius 3 is 2.73 bits per heavy atom. The van der Waals surface area contributed by atoms with Crippen molar-refractivity contribution in [1.29, 1.82) is 0 Å². The molecule has 0 saturated heterocycles. The lowest BCUT2D eigenvalue weighted by molar-refractivity contribution is 0.0977. The van der Waals surface area contributed by atoms with E-state index >= 15 is 0 Å². The van der Waals surface area contributed by atoms with Gasteiger partial charge < -0.3 is 10.5 Å². The fraction of sp³-hybridized carbons (Fsp3) is 0.0667. The summed E-state index contributed by atoms with van der Waals surface area (Å²) < 4.78 is 6.36. The minimum Gasteiger partial charge on any atom is -0.488 e. The Hall–Kier alpha value is -1.63. The molecule has 0 bridgehead atoms. The topological polar surface area (TPSA) is 64.3 Å². The van der Waals surface area contributed by atoms with E-state index in [0.29, 0.717) is 27.4 Å². The quantitative estimate of drug-likeness (QED) is 0.770. The van der Waals surface area contributed by atoms with Crippen molar-refractivity contribution in [1.82, 2.24) is 5.32 Å². The Morgan fingerprint density at radius 2 is 2.09 bits per heavy atom. The van der Waals surface area contributed by atoms with Crippen LogP contribution in [0.3, 0.4) is 0 Å². The lowest BCUT2D eigenvalue weighted by Crippen LogP contribution is -2.34. The third-order valence-corrected chi connectivity index (χ3v) is 3.67. The highest BCUT2D eigenvalue weighted by atomic mass is 79.9. The van der Waals surface area contributed by atoms with Gasteiger partial charge in [-0.3, -0.25) is 10.1 Å². The first-order valence-corrected chi connectivity index (χ1v) is 7.81. The molecule has 0 aliphatic carbocycles. The molecule has 7 heteroatoms. The number of amides is 1. The molecule has 3 N–H and O–H groups in total. The average molecular weight is 400 g/mol. The molecule has 0 saturated carbocycles. The summed E-state index contributed by atoms with van der Waals surface area (Å²) in [7, 11) is 0. The van der Waals surface area contributed by atoms with Crippen LogP contribution in [0.5, 0.6) is 5.75 Å². The predicted octanol–water partition coefficient (Wildman–Crippen LogP) is 3.65. The maximum Gasteiger partial charge on any atom is 0.257 e. The van der Waals surface area contributed by atoms with Gasteiger partial charge in [-0.05, 0) is 64.0 Å². The third kappa shape index (κ3) is 4.69. The second kappa shape index (κ2) is 7.58. The van der Waals surface area contributed by atoms with E-state index in [1.807, 2.05) is 18.2 Å². The molecule has 22 heavy (non-hydrogen) atoms. The smallest absolute Gasteiger partial charge is 0.257 e. The molecule has 1 amide bonds. The summed E-state index contributed by atoms with van der Waals surface area (Å²) in [6.45, 7) is 0.373. The second-order valence-electron chi connectivity index (χ2n) is 4.38. The lowest BCUT2D eigenvalue weighted by atomic mass is 10.2. The largest absolute Gasteiger partial charge is 0.488 e. The fourth-order valence-electron chi connectivity index (χ4n) is 1.73. The Morgan fingerprint density at radius 1 is 1.32 bits per heavy atom. The van der Waals surface area contributed by atoms with E-state index in [-0.39, 0.29) is 11.0 Å². The van der Waals surface area contributed by atoms with Gasteiger partial charge in [0.25, 0.3) is 5.91 Å². The van der Waals surface area contributed by atoms with Crippen molar-refractivity contribution in [3.8, 4) is 5.75 Å². The third-order valence-electron chi connectivity index (χ3n) is 2.71. The van der Waals surface area contributed by atoms with Crippen LogP contribution in [0.1, 0.15) is 15.9 Å². The summed E-state index contributed by atoms with van der Waals surface area (Å²) in [6, 6.07) is 12.4. The van der Waals surface area contributed by atoms with Gasteiger partial charge >= 0.3 is 0 Å². The van der Waals surface area contributed by atoms with Gasteiger partial charge in [-0.25, -0.2) is 0 Å². The number of hydrogen-bond acceptors (Lipinski definition) is 3. The van der Waals surface area contributed by atoms with Crippen molar-refractivity contribution in [2.75, 3.05) is 0 Å². The van der Waals surface area contributed by atoms with Gasteiger partial charge in [-0.15, -0.1) is 0 Å². The van der Waals surface area contributed by atoms with E-state index in [0.717, 1.165) is 5.56 Å². The molecule has 2 aromatic rings. The van der Waals surface area contributed by atoms with Crippen LogP contribution in [0.25, 0.3) is 0 Å². The Kier molecular flexibility index (Phi) is 5.76.